The summed E-state index contributed by atoms with van der Waals surface area (Å²) in [6, 6.07) is 5.65. The third-order valence-corrected chi connectivity index (χ3v) is 4.47. The number of anilines is 2. The molecule has 3 rings (SSSR count). The van der Waals surface area contributed by atoms with Gasteiger partial charge in [0.25, 0.3) is 6.01 Å². The highest BCUT2D eigenvalue weighted by Gasteiger charge is 2.11. The highest BCUT2D eigenvalue weighted by Crippen LogP contribution is 2.23. The molecule has 2 amide bonds. The van der Waals surface area contributed by atoms with Crippen molar-refractivity contribution in [3.05, 3.63) is 34.8 Å². The van der Waals surface area contributed by atoms with Gasteiger partial charge in [-0.05, 0) is 12.1 Å². The molecule has 0 fully saturated rings. The topological polar surface area (TPSA) is 83.3 Å². The molecule has 2 aromatic heterocycles. The van der Waals surface area contributed by atoms with Crippen molar-refractivity contribution in [1.29, 1.82) is 0 Å². The van der Waals surface area contributed by atoms with Crippen molar-refractivity contribution in [2.45, 2.75) is 12.8 Å². The maximum absolute atomic E-state index is 12.0. The molecule has 1 unspecified atom stereocenters. The van der Waals surface area contributed by atoms with Gasteiger partial charge in [0.05, 0.1) is 5.01 Å². The summed E-state index contributed by atoms with van der Waals surface area (Å²) in [7, 11) is 3.72. The summed E-state index contributed by atoms with van der Waals surface area (Å²) in [6.07, 6.45) is 1.77. The molecule has 1 atom stereocenters. The molecule has 0 saturated heterocycles. The summed E-state index contributed by atoms with van der Waals surface area (Å²) in [5.41, 5.74) is 2.04. The minimum atomic E-state index is -0.259. The van der Waals surface area contributed by atoms with E-state index in [0.29, 0.717) is 23.8 Å². The average Bonchev–Trinajstić information content (AvgIpc) is 3.21. The van der Waals surface area contributed by atoms with Gasteiger partial charge < -0.3 is 20.0 Å². The first-order chi connectivity index (χ1) is 11.5. The summed E-state index contributed by atoms with van der Waals surface area (Å²) < 4.78 is 5.64. The van der Waals surface area contributed by atoms with Gasteiger partial charge in [0.15, 0.2) is 5.58 Å². The van der Waals surface area contributed by atoms with E-state index in [9.17, 15) is 4.79 Å². The number of benzene rings is 1. The molecule has 2 heterocycles. The van der Waals surface area contributed by atoms with E-state index >= 15 is 0 Å². The van der Waals surface area contributed by atoms with Crippen LogP contribution in [0.5, 0.6) is 0 Å². The van der Waals surface area contributed by atoms with Crippen LogP contribution in [0.3, 0.4) is 0 Å². The first-order valence-corrected chi connectivity index (χ1v) is 8.43. The highest BCUT2D eigenvalue weighted by molar-refractivity contribution is 7.09. The molecular weight excluding hydrogens is 326 g/mol. The van der Waals surface area contributed by atoms with Crippen molar-refractivity contribution >= 4 is 40.2 Å². The summed E-state index contributed by atoms with van der Waals surface area (Å²) in [5.74, 6) is 0.176. The zero-order valence-electron chi connectivity index (χ0n) is 13.7. The van der Waals surface area contributed by atoms with Gasteiger partial charge in [-0.3, -0.25) is 0 Å². The molecule has 0 spiro atoms. The zero-order chi connectivity index (χ0) is 17.1. The highest BCUT2D eigenvalue weighted by atomic mass is 32.1. The number of nitrogens with zero attached hydrogens (tertiary/aromatic N) is 3. The minimum Gasteiger partial charge on any atom is -0.423 e. The van der Waals surface area contributed by atoms with Gasteiger partial charge in [0.2, 0.25) is 0 Å². The molecule has 2 N–H and O–H groups in total. The Morgan fingerprint density at radius 3 is 2.96 bits per heavy atom. The first-order valence-electron chi connectivity index (χ1n) is 7.55. The van der Waals surface area contributed by atoms with E-state index in [0.717, 1.165) is 10.5 Å². The number of urea groups is 1. The Bertz CT molecular complexity index is 828. The Hall–Kier alpha value is -2.61. The lowest BCUT2D eigenvalue weighted by Gasteiger charge is -2.11. The molecule has 0 aliphatic heterocycles. The van der Waals surface area contributed by atoms with Crippen LogP contribution in [-0.2, 0) is 0 Å². The number of thiazole rings is 1. The lowest BCUT2D eigenvalue weighted by molar-refractivity contribution is 0.251. The van der Waals surface area contributed by atoms with Gasteiger partial charge in [0.1, 0.15) is 5.52 Å². The fraction of sp³-hybridized carbons (Fsp3) is 0.312. The molecule has 7 nitrogen and oxygen atoms in total. The van der Waals surface area contributed by atoms with Crippen LogP contribution in [0.2, 0.25) is 0 Å². The Morgan fingerprint density at radius 1 is 1.42 bits per heavy atom. The van der Waals surface area contributed by atoms with E-state index in [4.69, 9.17) is 4.42 Å². The quantitative estimate of drug-likeness (QED) is 0.741. The van der Waals surface area contributed by atoms with Crippen LogP contribution < -0.4 is 15.5 Å². The Balaban J connectivity index is 1.60. The van der Waals surface area contributed by atoms with Gasteiger partial charge in [0, 0.05) is 49.9 Å². The minimum absolute atomic E-state index is 0.176. The molecule has 24 heavy (non-hydrogen) atoms. The van der Waals surface area contributed by atoms with Crippen molar-refractivity contribution in [2.24, 2.45) is 0 Å². The summed E-state index contributed by atoms with van der Waals surface area (Å²) in [5, 5.41) is 8.60. The Kier molecular flexibility index (Phi) is 4.66. The number of oxazole rings is 1. The largest absolute Gasteiger partial charge is 0.423 e. The number of rotatable bonds is 5. The molecule has 0 saturated carbocycles. The summed E-state index contributed by atoms with van der Waals surface area (Å²) >= 11 is 1.59. The Morgan fingerprint density at radius 2 is 2.25 bits per heavy atom. The molecule has 0 bridgehead atoms. The second kappa shape index (κ2) is 6.88. The number of aromatic nitrogens is 2. The third kappa shape index (κ3) is 3.65. The fourth-order valence-corrected chi connectivity index (χ4v) is 2.87. The van der Waals surface area contributed by atoms with Crippen LogP contribution in [-0.4, -0.2) is 36.6 Å². The first kappa shape index (κ1) is 16.3. The van der Waals surface area contributed by atoms with E-state index in [-0.39, 0.29) is 11.9 Å². The lowest BCUT2D eigenvalue weighted by atomic mass is 10.2. The van der Waals surface area contributed by atoms with Crippen molar-refractivity contribution in [2.75, 3.05) is 30.9 Å². The fourth-order valence-electron chi connectivity index (χ4n) is 2.17. The van der Waals surface area contributed by atoms with Crippen molar-refractivity contribution in [1.82, 2.24) is 15.3 Å². The number of hydrogen-bond acceptors (Lipinski definition) is 6. The molecule has 8 heteroatoms. The number of carbonyl (C=O) groups excluding carboxylic acids is 1. The summed E-state index contributed by atoms with van der Waals surface area (Å²) in [6.45, 7) is 2.55. The zero-order valence-corrected chi connectivity index (χ0v) is 14.6. The predicted molar refractivity (Wildman–Crippen MR) is 95.9 cm³/mol. The third-order valence-electron chi connectivity index (χ3n) is 3.46. The van der Waals surface area contributed by atoms with Crippen LogP contribution in [0.4, 0.5) is 16.5 Å². The lowest BCUT2D eigenvalue weighted by Crippen LogP contribution is -2.31. The average molecular weight is 345 g/mol. The predicted octanol–water partition coefficient (Wildman–Crippen LogP) is 3.28. The standard InChI is InChI=1S/C16H19N5O2S/c1-10(14-17-6-7-24-14)9-18-15(22)19-11-4-5-12-13(8-11)23-16(20-12)21(2)3/h4-8,10H,9H2,1-3H3,(H2,18,19,22). The molecule has 0 aliphatic carbocycles. The number of nitrogens with one attached hydrogen (secondary N) is 2. The SMILES string of the molecule is CC(CNC(=O)Nc1ccc2nc(N(C)C)oc2c1)c1nccs1. The molecule has 126 valence electrons. The molecule has 3 aromatic rings. The molecule has 0 aliphatic rings. The normalized spacial score (nSPS) is 12.1. The number of amides is 2. The van der Waals surface area contributed by atoms with E-state index < -0.39 is 0 Å². The molecule has 1 aromatic carbocycles. The number of carbonyl (C=O) groups is 1. The molecular formula is C16H19N5O2S. The maximum atomic E-state index is 12.0. The van der Waals surface area contributed by atoms with Crippen molar-refractivity contribution in [3.63, 3.8) is 0 Å². The van der Waals surface area contributed by atoms with Gasteiger partial charge in [-0.2, -0.15) is 4.98 Å². The number of hydrogen-bond donors (Lipinski definition) is 2. The van der Waals surface area contributed by atoms with Crippen LogP contribution >= 0.6 is 11.3 Å². The molecule has 0 radical (unpaired) electrons. The van der Waals surface area contributed by atoms with Crippen LogP contribution in [0.25, 0.3) is 11.1 Å². The van der Waals surface area contributed by atoms with E-state index in [2.05, 4.69) is 20.6 Å². The van der Waals surface area contributed by atoms with Crippen LogP contribution in [0, 0.1) is 0 Å². The van der Waals surface area contributed by atoms with Gasteiger partial charge >= 0.3 is 6.03 Å². The second-order valence-corrected chi connectivity index (χ2v) is 6.61. The van der Waals surface area contributed by atoms with Crippen LogP contribution in [0.1, 0.15) is 17.8 Å². The van der Waals surface area contributed by atoms with E-state index in [1.54, 1.807) is 34.6 Å². The summed E-state index contributed by atoms with van der Waals surface area (Å²) in [4.78, 5) is 22.4. The van der Waals surface area contributed by atoms with Crippen molar-refractivity contribution in [3.8, 4) is 0 Å². The number of fused-ring (bicyclic) bond motifs is 1. The van der Waals surface area contributed by atoms with Crippen molar-refractivity contribution < 1.29 is 9.21 Å². The maximum Gasteiger partial charge on any atom is 0.319 e. The van der Waals surface area contributed by atoms with E-state index in [1.807, 2.05) is 32.5 Å². The smallest absolute Gasteiger partial charge is 0.319 e. The second-order valence-electron chi connectivity index (χ2n) is 5.68. The van der Waals surface area contributed by atoms with Gasteiger partial charge in [-0.25, -0.2) is 9.78 Å². The van der Waals surface area contributed by atoms with Crippen LogP contribution in [0.15, 0.2) is 34.2 Å². The monoisotopic (exact) mass is 345 g/mol. The van der Waals surface area contributed by atoms with E-state index in [1.165, 1.54) is 0 Å². The Labute approximate surface area is 143 Å². The van der Waals surface area contributed by atoms with Gasteiger partial charge in [-0.15, -0.1) is 11.3 Å². The van der Waals surface area contributed by atoms with Gasteiger partial charge in [-0.1, -0.05) is 6.92 Å².